The summed E-state index contributed by atoms with van der Waals surface area (Å²) in [5.74, 6) is 0. The zero-order valence-corrected chi connectivity index (χ0v) is 9.94. The van der Waals surface area contributed by atoms with E-state index in [9.17, 15) is 0 Å². The maximum Gasteiger partial charge on any atom is 2.00 e. The molecular formula is H8CoMgMnNiO8. The Morgan fingerprint density at radius 3 is 0.417 bits per heavy atom. The van der Waals surface area contributed by atoms with Gasteiger partial charge in [-0.05, 0) is 0 Å². The monoisotopic (exact) mass is 332 g/mol. The molecule has 0 bridgehead atoms. The van der Waals surface area contributed by atoms with Crippen molar-refractivity contribution < 1.29 is 94.1 Å². The zero-order valence-electron chi connectivity index (χ0n) is 5.31. The van der Waals surface area contributed by atoms with Gasteiger partial charge in [0.25, 0.3) is 0 Å². The van der Waals surface area contributed by atoms with Crippen LogP contribution in [0.5, 0.6) is 0 Å². The molecule has 0 amide bonds. The van der Waals surface area contributed by atoms with Crippen molar-refractivity contribution in [1.82, 2.24) is 0 Å². The van der Waals surface area contributed by atoms with Gasteiger partial charge in [0.1, 0.15) is 0 Å². The molecule has 0 atom stereocenters. The van der Waals surface area contributed by atoms with E-state index in [-0.39, 0.29) is 117 Å². The third-order valence-corrected chi connectivity index (χ3v) is 0. The largest absolute Gasteiger partial charge is 2.00 e. The summed E-state index contributed by atoms with van der Waals surface area (Å²) in [4.78, 5) is 0. The summed E-state index contributed by atoms with van der Waals surface area (Å²) in [5, 5.41) is 0. The fourth-order valence-corrected chi connectivity index (χ4v) is 0. The van der Waals surface area contributed by atoms with Crippen LogP contribution in [0.15, 0.2) is 0 Å². The van der Waals surface area contributed by atoms with Crippen molar-refractivity contribution in [2.45, 2.75) is 0 Å². The summed E-state index contributed by atoms with van der Waals surface area (Å²) in [7, 11) is 0. The van der Waals surface area contributed by atoms with Gasteiger partial charge in [-0.2, -0.15) is 0 Å². The first-order chi connectivity index (χ1) is 0. The van der Waals surface area contributed by atoms with E-state index in [4.69, 9.17) is 0 Å². The second-order valence-corrected chi connectivity index (χ2v) is 0. The van der Waals surface area contributed by atoms with E-state index in [1.165, 1.54) is 0 Å². The van der Waals surface area contributed by atoms with Crippen molar-refractivity contribution in [2.75, 3.05) is 0 Å². The molecule has 0 rings (SSSR count). The van der Waals surface area contributed by atoms with Crippen LogP contribution in [0.3, 0.4) is 0 Å². The van der Waals surface area contributed by atoms with Gasteiger partial charge in [-0.3, -0.25) is 0 Å². The Bertz CT molecular complexity index is 19.0. The minimum absolute atomic E-state index is 0. The second-order valence-electron chi connectivity index (χ2n) is 0. The first-order valence-corrected chi connectivity index (χ1v) is 0. The summed E-state index contributed by atoms with van der Waals surface area (Å²) in [6.45, 7) is 0. The summed E-state index contributed by atoms with van der Waals surface area (Å²) in [6.07, 6.45) is 0. The van der Waals surface area contributed by atoms with Crippen LogP contribution in [0.2, 0.25) is 0 Å². The summed E-state index contributed by atoms with van der Waals surface area (Å²) in [6, 6.07) is 0. The third kappa shape index (κ3) is 372. The first kappa shape index (κ1) is 608. The van der Waals surface area contributed by atoms with E-state index < -0.39 is 0 Å². The van der Waals surface area contributed by atoms with Crippen LogP contribution in [0.4, 0.5) is 0 Å². The Morgan fingerprint density at radius 2 is 0.417 bits per heavy atom. The van der Waals surface area contributed by atoms with Crippen molar-refractivity contribution >= 4 is 23.1 Å². The van der Waals surface area contributed by atoms with Gasteiger partial charge in [-0.1, -0.05) is 0 Å². The smallest absolute Gasteiger partial charge is 0.870 e. The minimum Gasteiger partial charge on any atom is -0.870 e. The molecule has 0 unspecified atom stereocenters. The van der Waals surface area contributed by atoms with Gasteiger partial charge in [0.2, 0.25) is 0 Å². The molecule has 0 saturated heterocycles. The molecule has 0 aliphatic rings. The Balaban J connectivity index is 0. The Labute approximate surface area is 116 Å². The first-order valence-electron chi connectivity index (χ1n) is 0. The Morgan fingerprint density at radius 1 is 0.417 bits per heavy atom. The van der Waals surface area contributed by atoms with E-state index >= 15 is 0 Å². The van der Waals surface area contributed by atoms with Gasteiger partial charge >= 0.3 is 73.4 Å². The van der Waals surface area contributed by atoms with E-state index in [1.807, 2.05) is 0 Å². The molecule has 84 valence electrons. The van der Waals surface area contributed by atoms with Crippen molar-refractivity contribution in [2.24, 2.45) is 0 Å². The van der Waals surface area contributed by atoms with E-state index in [0.717, 1.165) is 0 Å². The summed E-state index contributed by atoms with van der Waals surface area (Å²) in [5.41, 5.74) is 0. The van der Waals surface area contributed by atoms with Crippen LogP contribution in [-0.2, 0) is 50.3 Å². The minimum atomic E-state index is 0. The molecule has 0 spiro atoms. The third-order valence-electron chi connectivity index (χ3n) is 0. The topological polar surface area (TPSA) is 240 Å². The predicted octanol–water partition coefficient (Wildman–Crippen LogP) is -1.80. The normalized spacial score (nSPS) is 0. The molecule has 0 heterocycles. The van der Waals surface area contributed by atoms with Crippen LogP contribution in [0.25, 0.3) is 0 Å². The van der Waals surface area contributed by atoms with E-state index in [2.05, 4.69) is 0 Å². The van der Waals surface area contributed by atoms with Crippen LogP contribution in [0, 0.1) is 0 Å². The molecule has 0 aliphatic carbocycles. The van der Waals surface area contributed by atoms with Crippen molar-refractivity contribution in [3.8, 4) is 0 Å². The maximum atomic E-state index is 0. The molecule has 8 nitrogen and oxygen atoms in total. The van der Waals surface area contributed by atoms with Gasteiger partial charge in [-0.15, -0.1) is 0 Å². The van der Waals surface area contributed by atoms with Crippen LogP contribution < -0.4 is 0 Å². The Kier molecular flexibility index (Phi) is 24300. The van der Waals surface area contributed by atoms with Crippen molar-refractivity contribution in [3.63, 3.8) is 0 Å². The Hall–Kier alpha value is 1.97. The van der Waals surface area contributed by atoms with Gasteiger partial charge in [0.15, 0.2) is 0 Å². The molecule has 0 fully saturated rings. The molecule has 0 aliphatic heterocycles. The van der Waals surface area contributed by atoms with Crippen LogP contribution in [-0.4, -0.2) is 66.9 Å². The molecule has 8 N–H and O–H groups in total. The van der Waals surface area contributed by atoms with Crippen LogP contribution in [0.1, 0.15) is 0 Å². The molecule has 12 heavy (non-hydrogen) atoms. The van der Waals surface area contributed by atoms with Crippen molar-refractivity contribution in [1.29, 1.82) is 0 Å². The zero-order chi connectivity index (χ0) is 0. The standard InChI is InChI=1S/Co.Mg.Mn.Ni.8H2O/h;;;;8*1H2/q4*+2;;;;;;;;/p-8. The molecular weight excluding hydrogens is 325 g/mol. The molecule has 2 radical (unpaired) electrons. The molecule has 0 aromatic heterocycles. The van der Waals surface area contributed by atoms with Crippen molar-refractivity contribution in [3.05, 3.63) is 0 Å². The SMILES string of the molecule is [Co+2].[Mg+2].[Mn+2].[Ni+2].[OH-].[OH-].[OH-].[OH-].[OH-].[OH-].[OH-].[OH-]. The summed E-state index contributed by atoms with van der Waals surface area (Å²) >= 11 is 0. The van der Waals surface area contributed by atoms with E-state index in [0.29, 0.717) is 0 Å². The van der Waals surface area contributed by atoms with E-state index in [1.54, 1.807) is 0 Å². The van der Waals surface area contributed by atoms with Gasteiger partial charge in [0, 0.05) is 0 Å². The van der Waals surface area contributed by atoms with Crippen LogP contribution >= 0.6 is 0 Å². The fourth-order valence-electron chi connectivity index (χ4n) is 0. The van der Waals surface area contributed by atoms with Gasteiger partial charge in [-0.25, -0.2) is 0 Å². The predicted molar refractivity (Wildman–Crippen MR) is 21.2 cm³/mol. The number of rotatable bonds is 0. The maximum absolute atomic E-state index is 0. The summed E-state index contributed by atoms with van der Waals surface area (Å²) < 4.78 is 0. The van der Waals surface area contributed by atoms with Gasteiger partial charge < -0.3 is 43.8 Å². The second kappa shape index (κ2) is 480. The molecule has 0 saturated carbocycles. The number of hydrogen-bond acceptors (Lipinski definition) is 8. The quantitative estimate of drug-likeness (QED) is 0.456. The fraction of sp³-hybridized carbons (Fsp3) is 0. The molecule has 12 heteroatoms. The average Bonchev–Trinajstić information content (AvgIpc) is 0. The molecule has 0 aromatic carbocycles. The molecule has 0 aromatic rings. The average molecular weight is 333 g/mol. The number of hydrogen-bond donors (Lipinski definition) is 0. The van der Waals surface area contributed by atoms with Gasteiger partial charge in [0.05, 0.1) is 0 Å².